The molecule has 0 aliphatic carbocycles. The Balaban J connectivity index is 1.74. The quantitative estimate of drug-likeness (QED) is 0.604. The summed E-state index contributed by atoms with van der Waals surface area (Å²) in [6, 6.07) is 8.42. The van der Waals surface area contributed by atoms with Gasteiger partial charge in [0.2, 0.25) is 5.91 Å². The first-order chi connectivity index (χ1) is 13.6. The summed E-state index contributed by atoms with van der Waals surface area (Å²) >= 11 is 6.26. The third-order valence-corrected chi connectivity index (χ3v) is 5.82. The van der Waals surface area contributed by atoms with E-state index in [-0.39, 0.29) is 11.9 Å². The van der Waals surface area contributed by atoms with Gasteiger partial charge in [0.05, 0.1) is 12.6 Å². The number of rotatable bonds is 5. The van der Waals surface area contributed by atoms with Crippen LogP contribution in [0.25, 0.3) is 0 Å². The monoisotopic (exact) mass is 405 g/mol. The molecule has 0 aromatic heterocycles. The Hall–Kier alpha value is -1.79. The predicted molar refractivity (Wildman–Crippen MR) is 115 cm³/mol. The molecule has 1 amide bonds. The Morgan fingerprint density at radius 2 is 1.82 bits per heavy atom. The van der Waals surface area contributed by atoms with E-state index in [1.54, 1.807) is 6.92 Å². The number of carbonyl (C=O) groups excluding carboxylic acids is 1. The first kappa shape index (κ1) is 20.9. The van der Waals surface area contributed by atoms with Crippen molar-refractivity contribution < 1.29 is 4.79 Å². The number of benzene rings is 1. The van der Waals surface area contributed by atoms with Crippen LogP contribution in [0.4, 0.5) is 0 Å². The van der Waals surface area contributed by atoms with Crippen LogP contribution in [0.15, 0.2) is 29.3 Å². The molecule has 2 heterocycles. The van der Waals surface area contributed by atoms with Crippen molar-refractivity contribution in [2.24, 2.45) is 4.99 Å². The van der Waals surface area contributed by atoms with Crippen LogP contribution in [-0.4, -0.2) is 78.9 Å². The van der Waals surface area contributed by atoms with Gasteiger partial charge in [-0.1, -0.05) is 23.7 Å². The van der Waals surface area contributed by atoms with Gasteiger partial charge in [-0.3, -0.25) is 14.7 Å². The van der Waals surface area contributed by atoms with E-state index in [2.05, 4.69) is 34.2 Å². The molecule has 1 N–H and O–H groups in total. The number of halogens is 1. The number of likely N-dealkylation sites (tertiary alicyclic amines) is 1. The molecule has 154 valence electrons. The Labute approximate surface area is 173 Å². The summed E-state index contributed by atoms with van der Waals surface area (Å²) in [5, 5.41) is 4.21. The molecule has 6 nitrogen and oxygen atoms in total. The number of hydrogen-bond donors (Lipinski definition) is 1. The summed E-state index contributed by atoms with van der Waals surface area (Å²) < 4.78 is 0. The topological polar surface area (TPSA) is 51.2 Å². The average molecular weight is 406 g/mol. The molecule has 0 spiro atoms. The number of nitrogens with one attached hydrogen (secondary N) is 1. The molecule has 2 saturated heterocycles. The summed E-state index contributed by atoms with van der Waals surface area (Å²) in [7, 11) is 0. The van der Waals surface area contributed by atoms with Gasteiger partial charge in [-0.25, -0.2) is 0 Å². The average Bonchev–Trinajstić information content (AvgIpc) is 3.22. The van der Waals surface area contributed by atoms with Crippen molar-refractivity contribution in [3.8, 4) is 0 Å². The van der Waals surface area contributed by atoms with E-state index in [1.807, 2.05) is 17.0 Å². The molecule has 2 fully saturated rings. The molecule has 3 rings (SSSR count). The summed E-state index contributed by atoms with van der Waals surface area (Å²) in [6.45, 7) is 10.6. The predicted octanol–water partition coefficient (Wildman–Crippen LogP) is 2.61. The summed E-state index contributed by atoms with van der Waals surface area (Å²) in [5.74, 6) is 1.09. The molecular formula is C21H32ClN5O. The minimum Gasteiger partial charge on any atom is -0.357 e. The lowest BCUT2D eigenvalue weighted by molar-refractivity contribution is -0.130. The van der Waals surface area contributed by atoms with Gasteiger partial charge in [-0.05, 0) is 50.6 Å². The summed E-state index contributed by atoms with van der Waals surface area (Å²) in [4.78, 5) is 23.3. The van der Waals surface area contributed by atoms with E-state index >= 15 is 0 Å². The van der Waals surface area contributed by atoms with Crippen LogP contribution < -0.4 is 5.32 Å². The first-order valence-electron chi connectivity index (χ1n) is 10.4. The molecule has 7 heteroatoms. The molecule has 2 aliphatic heterocycles. The molecule has 0 bridgehead atoms. The summed E-state index contributed by atoms with van der Waals surface area (Å²) in [5.41, 5.74) is 1.23. The smallest absolute Gasteiger partial charge is 0.219 e. The number of hydrogen-bond acceptors (Lipinski definition) is 3. The molecule has 2 aliphatic rings. The van der Waals surface area contributed by atoms with Gasteiger partial charge in [0.15, 0.2) is 5.96 Å². The van der Waals surface area contributed by atoms with Crippen LogP contribution in [0.5, 0.6) is 0 Å². The lowest BCUT2D eigenvalue weighted by atomic mass is 10.1. The largest absolute Gasteiger partial charge is 0.357 e. The van der Waals surface area contributed by atoms with Gasteiger partial charge in [-0.15, -0.1) is 0 Å². The van der Waals surface area contributed by atoms with Crippen LogP contribution in [-0.2, 0) is 4.79 Å². The molecule has 0 radical (unpaired) electrons. The van der Waals surface area contributed by atoms with Gasteiger partial charge >= 0.3 is 0 Å². The second-order valence-corrected chi connectivity index (χ2v) is 7.94. The van der Waals surface area contributed by atoms with Gasteiger partial charge in [0.25, 0.3) is 0 Å². The second-order valence-electron chi connectivity index (χ2n) is 7.50. The van der Waals surface area contributed by atoms with Gasteiger partial charge in [0.1, 0.15) is 0 Å². The van der Waals surface area contributed by atoms with Crippen molar-refractivity contribution in [3.63, 3.8) is 0 Å². The molecule has 0 saturated carbocycles. The highest BCUT2D eigenvalue weighted by Gasteiger charge is 2.25. The van der Waals surface area contributed by atoms with E-state index in [9.17, 15) is 4.79 Å². The van der Waals surface area contributed by atoms with Crippen molar-refractivity contribution in [2.45, 2.75) is 32.7 Å². The zero-order valence-corrected chi connectivity index (χ0v) is 17.8. The Morgan fingerprint density at radius 1 is 1.14 bits per heavy atom. The van der Waals surface area contributed by atoms with E-state index in [1.165, 1.54) is 18.4 Å². The third-order valence-electron chi connectivity index (χ3n) is 5.59. The van der Waals surface area contributed by atoms with Gasteiger partial charge in [0, 0.05) is 44.7 Å². The Kier molecular flexibility index (Phi) is 7.57. The minimum absolute atomic E-state index is 0.150. The lowest BCUT2D eigenvalue weighted by Crippen LogP contribution is -2.53. The van der Waals surface area contributed by atoms with Crippen molar-refractivity contribution in [1.82, 2.24) is 20.0 Å². The minimum atomic E-state index is 0.150. The first-order valence-corrected chi connectivity index (χ1v) is 10.7. The second kappa shape index (κ2) is 10.1. The third kappa shape index (κ3) is 5.39. The SMILES string of the molecule is CCNC(=NCC(c1cccc(Cl)c1)N1CCCC1)N1CCN(C(C)=O)CC1. The number of piperazine rings is 1. The normalized spacial score (nSPS) is 19.8. The van der Waals surface area contributed by atoms with Crippen LogP contribution in [0.3, 0.4) is 0 Å². The molecule has 1 atom stereocenters. The van der Waals surface area contributed by atoms with Crippen molar-refractivity contribution in [3.05, 3.63) is 34.9 Å². The molecule has 1 unspecified atom stereocenters. The fourth-order valence-corrected chi connectivity index (χ4v) is 4.23. The van der Waals surface area contributed by atoms with Crippen molar-refractivity contribution in [2.75, 3.05) is 52.4 Å². The number of nitrogens with zero attached hydrogens (tertiary/aromatic N) is 4. The number of carbonyl (C=O) groups is 1. The fraction of sp³-hybridized carbons (Fsp3) is 0.619. The van der Waals surface area contributed by atoms with Gasteiger partial charge in [-0.2, -0.15) is 0 Å². The van der Waals surface area contributed by atoms with E-state index in [0.717, 1.165) is 56.8 Å². The fourth-order valence-electron chi connectivity index (χ4n) is 4.03. The standard InChI is InChI=1S/C21H32ClN5O/c1-3-23-21(27-13-11-25(12-14-27)17(2)28)24-16-20(26-9-4-5-10-26)18-7-6-8-19(22)15-18/h6-8,15,20H,3-5,9-14,16H2,1-2H3,(H,23,24). The highest BCUT2D eigenvalue weighted by Crippen LogP contribution is 2.27. The molecular weight excluding hydrogens is 374 g/mol. The number of amides is 1. The van der Waals surface area contributed by atoms with Gasteiger partial charge < -0.3 is 15.1 Å². The Morgan fingerprint density at radius 3 is 2.43 bits per heavy atom. The maximum Gasteiger partial charge on any atom is 0.219 e. The zero-order valence-electron chi connectivity index (χ0n) is 17.0. The van der Waals surface area contributed by atoms with E-state index < -0.39 is 0 Å². The lowest BCUT2D eigenvalue weighted by Gasteiger charge is -2.36. The van der Waals surface area contributed by atoms with Crippen LogP contribution in [0, 0.1) is 0 Å². The molecule has 28 heavy (non-hydrogen) atoms. The van der Waals surface area contributed by atoms with Crippen molar-refractivity contribution in [1.29, 1.82) is 0 Å². The maximum atomic E-state index is 11.6. The summed E-state index contributed by atoms with van der Waals surface area (Å²) in [6.07, 6.45) is 2.49. The maximum absolute atomic E-state index is 11.6. The van der Waals surface area contributed by atoms with E-state index in [0.29, 0.717) is 6.54 Å². The zero-order chi connectivity index (χ0) is 19.9. The Bertz CT molecular complexity index is 681. The highest BCUT2D eigenvalue weighted by atomic mass is 35.5. The molecule has 1 aromatic rings. The highest BCUT2D eigenvalue weighted by molar-refractivity contribution is 6.30. The van der Waals surface area contributed by atoms with Crippen LogP contribution in [0.1, 0.15) is 38.3 Å². The van der Waals surface area contributed by atoms with Crippen LogP contribution >= 0.6 is 11.6 Å². The van der Waals surface area contributed by atoms with Crippen LogP contribution in [0.2, 0.25) is 5.02 Å². The van der Waals surface area contributed by atoms with E-state index in [4.69, 9.17) is 16.6 Å². The molecule has 1 aromatic carbocycles. The number of guanidine groups is 1. The van der Waals surface area contributed by atoms with Crippen molar-refractivity contribution >= 4 is 23.5 Å². The number of aliphatic imine (C=N–C) groups is 1.